The quantitative estimate of drug-likeness (QED) is 0.793. The number of ether oxygens (including phenoxy) is 3. The standard InChI is InChI=1S/C20H20ClNO5/c1-12-4-3-5-16(13(12)2)22-18(23)11-27-19(24)10-14-8-15(21)20-17(9-14)25-6-7-26-20/h3-5,8-9H,6-7,10-11H2,1-2H3,(H,22,23). The Labute approximate surface area is 162 Å². The second-order valence-corrected chi connectivity index (χ2v) is 6.64. The number of halogens is 1. The van der Waals surface area contributed by atoms with Crippen LogP contribution in [0, 0.1) is 13.8 Å². The summed E-state index contributed by atoms with van der Waals surface area (Å²) in [6.45, 7) is 4.38. The highest BCUT2D eigenvalue weighted by Gasteiger charge is 2.18. The van der Waals surface area contributed by atoms with Crippen LogP contribution in [-0.2, 0) is 20.7 Å². The maximum atomic E-state index is 12.1. The summed E-state index contributed by atoms with van der Waals surface area (Å²) in [5.74, 6) is 0.0632. The van der Waals surface area contributed by atoms with E-state index in [2.05, 4.69) is 5.32 Å². The number of rotatable bonds is 5. The number of carbonyl (C=O) groups is 2. The Morgan fingerprint density at radius 1 is 1.19 bits per heavy atom. The number of nitrogens with one attached hydrogen (secondary N) is 1. The van der Waals surface area contributed by atoms with Gasteiger partial charge in [-0.15, -0.1) is 0 Å². The van der Waals surface area contributed by atoms with Gasteiger partial charge in [0.2, 0.25) is 0 Å². The Morgan fingerprint density at radius 3 is 2.78 bits per heavy atom. The van der Waals surface area contributed by atoms with Gasteiger partial charge in [-0.3, -0.25) is 9.59 Å². The number of hydrogen-bond acceptors (Lipinski definition) is 5. The summed E-state index contributed by atoms with van der Waals surface area (Å²) in [7, 11) is 0. The molecule has 7 heteroatoms. The monoisotopic (exact) mass is 389 g/mol. The Kier molecular flexibility index (Phi) is 5.86. The van der Waals surface area contributed by atoms with Crippen molar-refractivity contribution >= 4 is 29.2 Å². The second kappa shape index (κ2) is 8.31. The van der Waals surface area contributed by atoms with Crippen LogP contribution in [0.15, 0.2) is 30.3 Å². The van der Waals surface area contributed by atoms with Gasteiger partial charge in [-0.05, 0) is 48.7 Å². The van der Waals surface area contributed by atoms with Gasteiger partial charge < -0.3 is 19.5 Å². The van der Waals surface area contributed by atoms with Gasteiger partial charge in [0.1, 0.15) is 13.2 Å². The number of benzene rings is 2. The molecule has 0 bridgehead atoms. The minimum absolute atomic E-state index is 0.0207. The molecule has 0 aliphatic carbocycles. The first kappa shape index (κ1) is 19.0. The number of amides is 1. The Bertz CT molecular complexity index is 881. The van der Waals surface area contributed by atoms with E-state index in [1.165, 1.54) is 0 Å². The third-order valence-electron chi connectivity index (χ3n) is 4.25. The first-order valence-electron chi connectivity index (χ1n) is 8.54. The summed E-state index contributed by atoms with van der Waals surface area (Å²) in [5, 5.41) is 3.12. The molecule has 1 aliphatic heterocycles. The van der Waals surface area contributed by atoms with E-state index in [1.807, 2.05) is 26.0 Å². The van der Waals surface area contributed by atoms with E-state index in [4.69, 9.17) is 25.8 Å². The van der Waals surface area contributed by atoms with Crippen molar-refractivity contribution in [3.63, 3.8) is 0 Å². The van der Waals surface area contributed by atoms with Crippen LogP contribution in [0.1, 0.15) is 16.7 Å². The number of fused-ring (bicyclic) bond motifs is 1. The van der Waals surface area contributed by atoms with Crippen molar-refractivity contribution in [2.24, 2.45) is 0 Å². The number of carbonyl (C=O) groups excluding carboxylic acids is 2. The summed E-state index contributed by atoms with van der Waals surface area (Å²) in [5.41, 5.74) is 3.38. The van der Waals surface area contributed by atoms with E-state index >= 15 is 0 Å². The zero-order valence-electron chi connectivity index (χ0n) is 15.1. The first-order chi connectivity index (χ1) is 12.9. The molecule has 1 heterocycles. The smallest absolute Gasteiger partial charge is 0.310 e. The van der Waals surface area contributed by atoms with Crippen molar-refractivity contribution in [3.05, 3.63) is 52.0 Å². The van der Waals surface area contributed by atoms with Crippen LogP contribution in [0.4, 0.5) is 5.69 Å². The molecule has 0 radical (unpaired) electrons. The predicted molar refractivity (Wildman–Crippen MR) is 102 cm³/mol. The third-order valence-corrected chi connectivity index (χ3v) is 4.53. The molecule has 0 spiro atoms. The Morgan fingerprint density at radius 2 is 1.96 bits per heavy atom. The van der Waals surface area contributed by atoms with Crippen molar-refractivity contribution in [1.29, 1.82) is 0 Å². The molecule has 1 N–H and O–H groups in total. The zero-order chi connectivity index (χ0) is 19.4. The molecular weight excluding hydrogens is 370 g/mol. The minimum atomic E-state index is -0.529. The maximum Gasteiger partial charge on any atom is 0.310 e. The molecule has 0 atom stereocenters. The normalized spacial score (nSPS) is 12.4. The van der Waals surface area contributed by atoms with Gasteiger partial charge in [-0.2, -0.15) is 0 Å². The Balaban J connectivity index is 1.54. The summed E-state index contributed by atoms with van der Waals surface area (Å²) < 4.78 is 16.0. The van der Waals surface area contributed by atoms with E-state index < -0.39 is 11.9 Å². The SMILES string of the molecule is Cc1cccc(NC(=O)COC(=O)Cc2cc(Cl)c3c(c2)OCCO3)c1C. The lowest BCUT2D eigenvalue weighted by atomic mass is 10.1. The maximum absolute atomic E-state index is 12.1. The van der Waals surface area contributed by atoms with Gasteiger partial charge in [-0.1, -0.05) is 23.7 Å². The molecule has 3 rings (SSSR count). The molecule has 0 aromatic heterocycles. The van der Waals surface area contributed by atoms with E-state index in [9.17, 15) is 9.59 Å². The van der Waals surface area contributed by atoms with Crippen molar-refractivity contribution in [2.45, 2.75) is 20.3 Å². The van der Waals surface area contributed by atoms with Gasteiger partial charge in [0.05, 0.1) is 11.4 Å². The van der Waals surface area contributed by atoms with Crippen molar-refractivity contribution in [3.8, 4) is 11.5 Å². The zero-order valence-corrected chi connectivity index (χ0v) is 15.9. The summed E-state index contributed by atoms with van der Waals surface area (Å²) >= 11 is 6.15. The lowest BCUT2D eigenvalue weighted by Crippen LogP contribution is -2.22. The molecule has 1 amide bonds. The molecule has 0 saturated heterocycles. The fourth-order valence-electron chi connectivity index (χ4n) is 2.70. The van der Waals surface area contributed by atoms with Gasteiger partial charge in [0.15, 0.2) is 18.1 Å². The van der Waals surface area contributed by atoms with E-state index in [0.29, 0.717) is 41.0 Å². The van der Waals surface area contributed by atoms with Crippen LogP contribution in [0.3, 0.4) is 0 Å². The number of anilines is 1. The predicted octanol–water partition coefficient (Wildman–Crippen LogP) is 3.45. The highest BCUT2D eigenvalue weighted by atomic mass is 35.5. The topological polar surface area (TPSA) is 73.9 Å². The van der Waals surface area contributed by atoms with Crippen LogP contribution < -0.4 is 14.8 Å². The molecule has 2 aromatic rings. The van der Waals surface area contributed by atoms with Crippen LogP contribution in [0.2, 0.25) is 5.02 Å². The van der Waals surface area contributed by atoms with Crippen molar-refractivity contribution in [2.75, 3.05) is 25.1 Å². The first-order valence-corrected chi connectivity index (χ1v) is 8.91. The van der Waals surface area contributed by atoms with Gasteiger partial charge in [0, 0.05) is 5.69 Å². The molecule has 27 heavy (non-hydrogen) atoms. The highest BCUT2D eigenvalue weighted by molar-refractivity contribution is 6.32. The van der Waals surface area contributed by atoms with Crippen molar-refractivity contribution in [1.82, 2.24) is 0 Å². The van der Waals surface area contributed by atoms with E-state index in [0.717, 1.165) is 11.1 Å². The van der Waals surface area contributed by atoms with Crippen molar-refractivity contribution < 1.29 is 23.8 Å². The molecule has 2 aromatic carbocycles. The molecule has 142 valence electrons. The van der Waals surface area contributed by atoms with Crippen LogP contribution in [0.25, 0.3) is 0 Å². The van der Waals surface area contributed by atoms with Crippen LogP contribution in [0.5, 0.6) is 11.5 Å². The van der Waals surface area contributed by atoms with Gasteiger partial charge in [-0.25, -0.2) is 0 Å². The lowest BCUT2D eigenvalue weighted by molar-refractivity contribution is -0.146. The average molecular weight is 390 g/mol. The summed E-state index contributed by atoms with van der Waals surface area (Å²) in [4.78, 5) is 24.1. The number of hydrogen-bond donors (Lipinski definition) is 1. The summed E-state index contributed by atoms with van der Waals surface area (Å²) in [6.07, 6.45) is -0.0207. The fourth-order valence-corrected chi connectivity index (χ4v) is 2.99. The van der Waals surface area contributed by atoms with E-state index in [-0.39, 0.29) is 13.0 Å². The van der Waals surface area contributed by atoms with Gasteiger partial charge in [0.25, 0.3) is 5.91 Å². The molecular formula is C20H20ClNO5. The third kappa shape index (κ3) is 4.71. The number of esters is 1. The molecule has 1 aliphatic rings. The Hall–Kier alpha value is -2.73. The molecule has 0 unspecified atom stereocenters. The van der Waals surface area contributed by atoms with Gasteiger partial charge >= 0.3 is 5.97 Å². The largest absolute Gasteiger partial charge is 0.486 e. The lowest BCUT2D eigenvalue weighted by Gasteiger charge is -2.20. The molecule has 6 nitrogen and oxygen atoms in total. The highest BCUT2D eigenvalue weighted by Crippen LogP contribution is 2.38. The molecule has 0 saturated carbocycles. The minimum Gasteiger partial charge on any atom is -0.486 e. The fraction of sp³-hybridized carbons (Fsp3) is 0.300. The number of aryl methyl sites for hydroxylation is 1. The summed E-state index contributed by atoms with van der Waals surface area (Å²) in [6, 6.07) is 8.95. The van der Waals surface area contributed by atoms with Crippen LogP contribution in [-0.4, -0.2) is 31.7 Å². The van der Waals surface area contributed by atoms with Crippen LogP contribution >= 0.6 is 11.6 Å². The van der Waals surface area contributed by atoms with E-state index in [1.54, 1.807) is 18.2 Å². The average Bonchev–Trinajstić information content (AvgIpc) is 2.64. The molecule has 0 fully saturated rings. The second-order valence-electron chi connectivity index (χ2n) is 6.23.